The monoisotopic (exact) mass is 159 g/mol. The van der Waals surface area contributed by atoms with Gasteiger partial charge in [-0.2, -0.15) is 0 Å². The summed E-state index contributed by atoms with van der Waals surface area (Å²) in [6, 6.07) is 5.56. The molecule has 0 aliphatic carbocycles. The Morgan fingerprint density at radius 2 is 2.25 bits per heavy atom. The van der Waals surface area contributed by atoms with Gasteiger partial charge in [0.05, 0.1) is 5.69 Å². The lowest BCUT2D eigenvalue weighted by molar-refractivity contribution is -0.103. The van der Waals surface area contributed by atoms with Gasteiger partial charge in [-0.1, -0.05) is 18.1 Å². The summed E-state index contributed by atoms with van der Waals surface area (Å²) in [5.74, 6) is 4.98. The normalized spacial score (nSPS) is 8.42. The summed E-state index contributed by atoms with van der Waals surface area (Å²) in [7, 11) is 0. The number of hydrogen-bond donors (Lipinski definition) is 1. The van der Waals surface area contributed by atoms with Crippen molar-refractivity contribution in [2.24, 2.45) is 0 Å². The number of para-hydroxylation sites is 1. The van der Waals surface area contributed by atoms with Crippen LogP contribution in [0.15, 0.2) is 18.2 Å². The molecule has 60 valence electrons. The maximum atomic E-state index is 9.96. The quantitative estimate of drug-likeness (QED) is 0.350. The molecule has 1 aromatic carbocycles. The molecule has 1 rings (SSSR count). The third-order valence-electron chi connectivity index (χ3n) is 1.59. The number of benzene rings is 1. The third-order valence-corrected chi connectivity index (χ3v) is 1.59. The molecule has 0 aromatic heterocycles. The minimum Gasteiger partial charge on any atom is -0.398 e. The fraction of sp³-hybridized carbons (Fsp3) is 0.100. The van der Waals surface area contributed by atoms with Gasteiger partial charge in [-0.15, -0.1) is 0 Å². The minimum atomic E-state index is 0.557. The molecule has 0 spiro atoms. The van der Waals surface area contributed by atoms with Crippen LogP contribution in [0.2, 0.25) is 0 Å². The van der Waals surface area contributed by atoms with E-state index in [4.69, 9.17) is 5.73 Å². The first kappa shape index (κ1) is 8.35. The summed E-state index contributed by atoms with van der Waals surface area (Å²) in [5.41, 5.74) is 8.04. The molecule has 2 nitrogen and oxygen atoms in total. The molecule has 0 amide bonds. The highest BCUT2D eigenvalue weighted by Crippen LogP contribution is 2.14. The van der Waals surface area contributed by atoms with Crippen molar-refractivity contribution in [3.8, 4) is 11.8 Å². The van der Waals surface area contributed by atoms with Gasteiger partial charge in [-0.3, -0.25) is 4.79 Å². The van der Waals surface area contributed by atoms with Crippen molar-refractivity contribution in [3.05, 3.63) is 29.3 Å². The van der Waals surface area contributed by atoms with Crippen LogP contribution in [0.4, 0.5) is 5.69 Å². The molecule has 0 unspecified atom stereocenters. The zero-order valence-electron chi connectivity index (χ0n) is 6.79. The van der Waals surface area contributed by atoms with Crippen LogP contribution in [0.1, 0.15) is 11.1 Å². The van der Waals surface area contributed by atoms with Crippen molar-refractivity contribution in [2.75, 3.05) is 5.73 Å². The van der Waals surface area contributed by atoms with Gasteiger partial charge in [0, 0.05) is 5.56 Å². The number of rotatable bonds is 0. The van der Waals surface area contributed by atoms with Gasteiger partial charge in [-0.05, 0) is 24.5 Å². The summed E-state index contributed by atoms with van der Waals surface area (Å²) < 4.78 is 0. The summed E-state index contributed by atoms with van der Waals surface area (Å²) in [5, 5.41) is 0. The van der Waals surface area contributed by atoms with Crippen LogP contribution in [0.3, 0.4) is 0 Å². The number of carbonyl (C=O) groups is 1. The number of nitrogen functional groups attached to an aromatic ring is 1. The molecule has 0 atom stereocenters. The molecule has 1 aromatic rings. The van der Waals surface area contributed by atoms with E-state index in [9.17, 15) is 4.79 Å². The Labute approximate surface area is 71.4 Å². The Morgan fingerprint density at radius 1 is 1.50 bits per heavy atom. The standard InChI is InChI=1S/C10H9NO/c1-8-4-2-5-9(10(8)11)6-3-7-12/h2,4-5,7H,11H2,1H3. The van der Waals surface area contributed by atoms with Crippen LogP contribution >= 0.6 is 0 Å². The van der Waals surface area contributed by atoms with E-state index in [0.717, 1.165) is 5.56 Å². The SMILES string of the molecule is Cc1cccc(C#CC=O)c1N. The zero-order chi connectivity index (χ0) is 8.97. The summed E-state index contributed by atoms with van der Waals surface area (Å²) in [6.45, 7) is 1.90. The molecule has 0 saturated heterocycles. The highest BCUT2D eigenvalue weighted by Gasteiger charge is 1.96. The van der Waals surface area contributed by atoms with Crippen LogP contribution in [-0.4, -0.2) is 6.29 Å². The van der Waals surface area contributed by atoms with E-state index in [1.165, 1.54) is 0 Å². The first-order chi connectivity index (χ1) is 5.75. The van der Waals surface area contributed by atoms with E-state index in [0.29, 0.717) is 17.5 Å². The average molecular weight is 159 g/mol. The molecule has 0 fully saturated rings. The van der Waals surface area contributed by atoms with Crippen molar-refractivity contribution in [1.29, 1.82) is 0 Å². The van der Waals surface area contributed by atoms with E-state index < -0.39 is 0 Å². The zero-order valence-corrected chi connectivity index (χ0v) is 6.79. The highest BCUT2D eigenvalue weighted by molar-refractivity contribution is 5.75. The van der Waals surface area contributed by atoms with Gasteiger partial charge < -0.3 is 5.73 Å². The predicted octanol–water partition coefficient (Wildman–Crippen LogP) is 1.13. The Bertz CT molecular complexity index is 358. The van der Waals surface area contributed by atoms with Crippen LogP contribution < -0.4 is 5.73 Å². The Balaban J connectivity index is 3.16. The van der Waals surface area contributed by atoms with Gasteiger partial charge in [0.2, 0.25) is 0 Å². The molecule has 0 radical (unpaired) electrons. The predicted molar refractivity (Wildman–Crippen MR) is 48.5 cm³/mol. The van der Waals surface area contributed by atoms with Gasteiger partial charge in [0.15, 0.2) is 6.29 Å². The second kappa shape index (κ2) is 3.59. The van der Waals surface area contributed by atoms with E-state index in [1.807, 2.05) is 19.1 Å². The summed E-state index contributed by atoms with van der Waals surface area (Å²) >= 11 is 0. The second-order valence-corrected chi connectivity index (χ2v) is 2.42. The summed E-state index contributed by atoms with van der Waals surface area (Å²) in [6.07, 6.45) is 0.557. The number of nitrogens with two attached hydrogens (primary N) is 1. The lowest BCUT2D eigenvalue weighted by atomic mass is 10.1. The molecule has 0 heterocycles. The number of carbonyl (C=O) groups excluding carboxylic acids is 1. The molecule has 12 heavy (non-hydrogen) atoms. The molecule has 0 aliphatic heterocycles. The van der Waals surface area contributed by atoms with E-state index in [1.54, 1.807) is 6.07 Å². The fourth-order valence-corrected chi connectivity index (χ4v) is 0.897. The maximum Gasteiger partial charge on any atom is 0.193 e. The molecular weight excluding hydrogens is 150 g/mol. The van der Waals surface area contributed by atoms with Crippen molar-refractivity contribution in [1.82, 2.24) is 0 Å². The fourth-order valence-electron chi connectivity index (χ4n) is 0.897. The number of aldehydes is 1. The lowest BCUT2D eigenvalue weighted by Gasteiger charge is -2.00. The first-order valence-corrected chi connectivity index (χ1v) is 3.56. The van der Waals surface area contributed by atoms with Gasteiger partial charge in [0.25, 0.3) is 0 Å². The van der Waals surface area contributed by atoms with Crippen LogP contribution in [0.5, 0.6) is 0 Å². The smallest absolute Gasteiger partial charge is 0.193 e. The maximum absolute atomic E-state index is 9.96. The highest BCUT2D eigenvalue weighted by atomic mass is 16.1. The second-order valence-electron chi connectivity index (χ2n) is 2.42. The molecule has 2 heteroatoms. The first-order valence-electron chi connectivity index (χ1n) is 3.56. The molecule has 0 bridgehead atoms. The van der Waals surface area contributed by atoms with E-state index in [-0.39, 0.29) is 0 Å². The largest absolute Gasteiger partial charge is 0.398 e. The van der Waals surface area contributed by atoms with Gasteiger partial charge in [-0.25, -0.2) is 0 Å². The molecule has 0 saturated carbocycles. The van der Waals surface area contributed by atoms with Gasteiger partial charge in [0.1, 0.15) is 0 Å². The molecular formula is C10H9NO. The number of anilines is 1. The number of hydrogen-bond acceptors (Lipinski definition) is 2. The average Bonchev–Trinajstić information content (AvgIpc) is 2.08. The van der Waals surface area contributed by atoms with Crippen molar-refractivity contribution >= 4 is 12.0 Å². The molecule has 0 aliphatic rings. The Hall–Kier alpha value is -1.75. The van der Waals surface area contributed by atoms with E-state index in [2.05, 4.69) is 11.8 Å². The van der Waals surface area contributed by atoms with Crippen molar-refractivity contribution in [2.45, 2.75) is 6.92 Å². The van der Waals surface area contributed by atoms with Crippen molar-refractivity contribution in [3.63, 3.8) is 0 Å². The summed E-state index contributed by atoms with van der Waals surface area (Å²) in [4.78, 5) is 9.96. The van der Waals surface area contributed by atoms with E-state index >= 15 is 0 Å². The van der Waals surface area contributed by atoms with Gasteiger partial charge >= 0.3 is 0 Å². The Morgan fingerprint density at radius 3 is 2.92 bits per heavy atom. The lowest BCUT2D eigenvalue weighted by Crippen LogP contribution is -1.92. The topological polar surface area (TPSA) is 43.1 Å². The van der Waals surface area contributed by atoms with Crippen LogP contribution in [0.25, 0.3) is 0 Å². The van der Waals surface area contributed by atoms with Crippen molar-refractivity contribution < 1.29 is 4.79 Å². The molecule has 2 N–H and O–H groups in total. The third kappa shape index (κ3) is 1.64. The minimum absolute atomic E-state index is 0.557. The van der Waals surface area contributed by atoms with Crippen LogP contribution in [0, 0.1) is 18.8 Å². The number of aryl methyl sites for hydroxylation is 1. The van der Waals surface area contributed by atoms with Crippen LogP contribution in [-0.2, 0) is 4.79 Å². The Kier molecular flexibility index (Phi) is 2.49.